The maximum absolute atomic E-state index is 6.10. The van der Waals surface area contributed by atoms with E-state index in [-0.39, 0.29) is 11.6 Å². The molecule has 3 heteroatoms. The Morgan fingerprint density at radius 2 is 1.83 bits per heavy atom. The molecule has 0 spiro atoms. The first kappa shape index (κ1) is 13.4. The topological polar surface area (TPSA) is 44.5 Å². The summed E-state index contributed by atoms with van der Waals surface area (Å²) in [5.74, 6) is 0.935. The molecule has 18 heavy (non-hydrogen) atoms. The van der Waals surface area contributed by atoms with Crippen LogP contribution in [0.4, 0.5) is 0 Å². The minimum Gasteiger partial charge on any atom is -0.490 e. The molecular formula is C15H23NO2. The van der Waals surface area contributed by atoms with E-state index in [1.165, 1.54) is 12.8 Å². The molecule has 1 unspecified atom stereocenters. The van der Waals surface area contributed by atoms with Gasteiger partial charge in [-0.3, -0.25) is 0 Å². The van der Waals surface area contributed by atoms with Crippen LogP contribution >= 0.6 is 0 Å². The van der Waals surface area contributed by atoms with Gasteiger partial charge in [-0.05, 0) is 51.3 Å². The van der Waals surface area contributed by atoms with Crippen LogP contribution in [0.15, 0.2) is 24.3 Å². The second-order valence-electron chi connectivity index (χ2n) is 5.92. The summed E-state index contributed by atoms with van der Waals surface area (Å²) < 4.78 is 11.4. The zero-order valence-corrected chi connectivity index (χ0v) is 11.5. The van der Waals surface area contributed by atoms with Crippen LogP contribution in [-0.2, 0) is 4.74 Å². The lowest BCUT2D eigenvalue weighted by molar-refractivity contribution is -0.0102. The number of hydrogen-bond acceptors (Lipinski definition) is 3. The predicted molar refractivity (Wildman–Crippen MR) is 72.7 cm³/mol. The van der Waals surface area contributed by atoms with Crippen LogP contribution < -0.4 is 10.5 Å². The third-order valence-electron chi connectivity index (χ3n) is 2.83. The summed E-state index contributed by atoms with van der Waals surface area (Å²) in [5.41, 5.74) is 7.04. The highest BCUT2D eigenvalue weighted by Crippen LogP contribution is 2.27. The molecule has 1 atom stereocenters. The van der Waals surface area contributed by atoms with Crippen molar-refractivity contribution in [2.75, 3.05) is 6.61 Å². The Balaban J connectivity index is 1.87. The van der Waals surface area contributed by atoms with Crippen LogP contribution in [0.5, 0.6) is 5.75 Å². The number of hydrogen-bond donors (Lipinski definition) is 1. The molecule has 1 aliphatic rings. The highest BCUT2D eigenvalue weighted by molar-refractivity contribution is 5.29. The average Bonchev–Trinajstić information content (AvgIpc) is 3.10. The molecule has 1 saturated carbocycles. The van der Waals surface area contributed by atoms with Gasteiger partial charge in [-0.1, -0.05) is 12.1 Å². The molecule has 0 aromatic heterocycles. The van der Waals surface area contributed by atoms with Crippen molar-refractivity contribution in [1.82, 2.24) is 0 Å². The van der Waals surface area contributed by atoms with Crippen molar-refractivity contribution in [3.63, 3.8) is 0 Å². The SMILES string of the molecule is CC(C)(C)OCC(N)c1ccc(OC2CC2)cc1. The Morgan fingerprint density at radius 1 is 1.22 bits per heavy atom. The molecule has 1 fully saturated rings. The highest BCUT2D eigenvalue weighted by Gasteiger charge is 2.23. The molecule has 1 aromatic carbocycles. The molecule has 100 valence electrons. The number of nitrogens with two attached hydrogens (primary N) is 1. The fraction of sp³-hybridized carbons (Fsp3) is 0.600. The summed E-state index contributed by atoms with van der Waals surface area (Å²) in [6.45, 7) is 6.64. The number of benzene rings is 1. The van der Waals surface area contributed by atoms with Crippen molar-refractivity contribution in [2.24, 2.45) is 5.73 Å². The van der Waals surface area contributed by atoms with E-state index in [1.54, 1.807) is 0 Å². The van der Waals surface area contributed by atoms with Gasteiger partial charge in [-0.2, -0.15) is 0 Å². The quantitative estimate of drug-likeness (QED) is 0.872. The van der Waals surface area contributed by atoms with Gasteiger partial charge in [0.15, 0.2) is 0 Å². The van der Waals surface area contributed by atoms with E-state index in [9.17, 15) is 0 Å². The fourth-order valence-electron chi connectivity index (χ4n) is 1.61. The minimum absolute atomic E-state index is 0.0841. The van der Waals surface area contributed by atoms with Gasteiger partial charge >= 0.3 is 0 Å². The Kier molecular flexibility index (Phi) is 3.93. The van der Waals surface area contributed by atoms with Gasteiger partial charge in [0.25, 0.3) is 0 Å². The monoisotopic (exact) mass is 249 g/mol. The second kappa shape index (κ2) is 5.29. The Bertz CT molecular complexity index is 376. The third kappa shape index (κ3) is 4.31. The van der Waals surface area contributed by atoms with E-state index in [0.717, 1.165) is 11.3 Å². The lowest BCUT2D eigenvalue weighted by Gasteiger charge is -2.22. The fourth-order valence-corrected chi connectivity index (χ4v) is 1.61. The number of ether oxygens (including phenoxy) is 2. The average molecular weight is 249 g/mol. The zero-order chi connectivity index (χ0) is 13.2. The first-order valence-corrected chi connectivity index (χ1v) is 6.60. The van der Waals surface area contributed by atoms with Crippen molar-refractivity contribution < 1.29 is 9.47 Å². The predicted octanol–water partition coefficient (Wildman–Crippen LogP) is 3.04. The Labute approximate surface area is 109 Å². The second-order valence-corrected chi connectivity index (χ2v) is 5.92. The van der Waals surface area contributed by atoms with Gasteiger partial charge in [0.1, 0.15) is 5.75 Å². The third-order valence-corrected chi connectivity index (χ3v) is 2.83. The van der Waals surface area contributed by atoms with Crippen LogP contribution in [-0.4, -0.2) is 18.3 Å². The molecule has 1 aromatic rings. The van der Waals surface area contributed by atoms with Crippen LogP contribution in [0.1, 0.15) is 45.2 Å². The van der Waals surface area contributed by atoms with E-state index in [1.807, 2.05) is 45.0 Å². The molecule has 3 nitrogen and oxygen atoms in total. The van der Waals surface area contributed by atoms with Crippen LogP contribution in [0, 0.1) is 0 Å². The van der Waals surface area contributed by atoms with Crippen LogP contribution in [0.2, 0.25) is 0 Å². The molecule has 0 saturated heterocycles. The van der Waals surface area contributed by atoms with Gasteiger partial charge < -0.3 is 15.2 Å². The van der Waals surface area contributed by atoms with Crippen molar-refractivity contribution in [2.45, 2.75) is 51.4 Å². The van der Waals surface area contributed by atoms with Crippen molar-refractivity contribution in [3.8, 4) is 5.75 Å². The molecule has 0 amide bonds. The van der Waals surface area contributed by atoms with E-state index < -0.39 is 0 Å². The molecule has 0 heterocycles. The summed E-state index contributed by atoms with van der Waals surface area (Å²) >= 11 is 0. The largest absolute Gasteiger partial charge is 0.490 e. The molecule has 0 bridgehead atoms. The van der Waals surface area contributed by atoms with Gasteiger partial charge in [-0.25, -0.2) is 0 Å². The van der Waals surface area contributed by atoms with Crippen LogP contribution in [0.3, 0.4) is 0 Å². The number of rotatable bonds is 5. The summed E-state index contributed by atoms with van der Waals surface area (Å²) in [7, 11) is 0. The Morgan fingerprint density at radius 3 is 2.33 bits per heavy atom. The summed E-state index contributed by atoms with van der Waals surface area (Å²) in [6, 6.07) is 7.94. The van der Waals surface area contributed by atoms with E-state index >= 15 is 0 Å². The van der Waals surface area contributed by atoms with Crippen molar-refractivity contribution >= 4 is 0 Å². The van der Waals surface area contributed by atoms with E-state index in [4.69, 9.17) is 15.2 Å². The first-order valence-electron chi connectivity index (χ1n) is 6.60. The molecule has 0 aliphatic heterocycles. The summed E-state index contributed by atoms with van der Waals surface area (Å²) in [6.07, 6.45) is 2.80. The Hall–Kier alpha value is -1.06. The molecule has 2 rings (SSSR count). The standard InChI is InChI=1S/C15H23NO2/c1-15(2,3)17-10-14(16)11-4-6-12(7-5-11)18-13-8-9-13/h4-7,13-14H,8-10,16H2,1-3H3. The maximum Gasteiger partial charge on any atom is 0.119 e. The van der Waals surface area contributed by atoms with Gasteiger partial charge in [0.2, 0.25) is 0 Å². The normalized spacial score (nSPS) is 17.6. The van der Waals surface area contributed by atoms with Gasteiger partial charge in [0.05, 0.1) is 24.4 Å². The highest BCUT2D eigenvalue weighted by atomic mass is 16.5. The molecular weight excluding hydrogens is 226 g/mol. The minimum atomic E-state index is -0.146. The zero-order valence-electron chi connectivity index (χ0n) is 11.5. The molecule has 2 N–H and O–H groups in total. The smallest absolute Gasteiger partial charge is 0.119 e. The first-order chi connectivity index (χ1) is 8.44. The van der Waals surface area contributed by atoms with Crippen molar-refractivity contribution in [3.05, 3.63) is 29.8 Å². The van der Waals surface area contributed by atoms with Crippen LogP contribution in [0.25, 0.3) is 0 Å². The van der Waals surface area contributed by atoms with Gasteiger partial charge in [0, 0.05) is 0 Å². The lowest BCUT2D eigenvalue weighted by Crippen LogP contribution is -2.26. The molecule has 0 radical (unpaired) electrons. The van der Waals surface area contributed by atoms with E-state index in [0.29, 0.717) is 12.7 Å². The lowest BCUT2D eigenvalue weighted by atomic mass is 10.1. The maximum atomic E-state index is 6.10. The van der Waals surface area contributed by atoms with Gasteiger partial charge in [-0.15, -0.1) is 0 Å². The van der Waals surface area contributed by atoms with E-state index in [2.05, 4.69) is 0 Å². The molecule has 1 aliphatic carbocycles. The summed E-state index contributed by atoms with van der Waals surface area (Å²) in [4.78, 5) is 0. The summed E-state index contributed by atoms with van der Waals surface area (Å²) in [5, 5.41) is 0. The van der Waals surface area contributed by atoms with Crippen molar-refractivity contribution in [1.29, 1.82) is 0 Å².